The Bertz CT molecular complexity index is 911. The second kappa shape index (κ2) is 8.02. The number of rotatable bonds is 6. The third kappa shape index (κ3) is 4.81. The SMILES string of the molecule is Cc1ccc(C[PH](=O)Oc2ccc(C(C)(C)c3ccc(O)cc3)cc2)cc1. The van der Waals surface area contributed by atoms with Crippen molar-refractivity contribution in [1.82, 2.24) is 0 Å². The molecule has 0 saturated heterocycles. The molecule has 3 aromatic rings. The maximum Gasteiger partial charge on any atom is 0.240 e. The Morgan fingerprint density at radius 2 is 1.37 bits per heavy atom. The van der Waals surface area contributed by atoms with E-state index in [1.807, 2.05) is 67.6 Å². The lowest BCUT2D eigenvalue weighted by Gasteiger charge is -2.26. The van der Waals surface area contributed by atoms with Crippen LogP contribution in [0, 0.1) is 6.92 Å². The molecule has 0 aliphatic rings. The van der Waals surface area contributed by atoms with Gasteiger partial charge in [0, 0.05) is 5.41 Å². The number of phenolic OH excluding ortho intramolecular Hbond substituents is 1. The zero-order chi connectivity index (χ0) is 19.4. The molecule has 0 saturated carbocycles. The van der Waals surface area contributed by atoms with Crippen molar-refractivity contribution in [3.05, 3.63) is 95.1 Å². The molecule has 3 rings (SSSR count). The van der Waals surface area contributed by atoms with Crippen LogP contribution >= 0.6 is 8.03 Å². The van der Waals surface area contributed by atoms with E-state index < -0.39 is 8.03 Å². The van der Waals surface area contributed by atoms with E-state index in [4.69, 9.17) is 4.52 Å². The van der Waals surface area contributed by atoms with Crippen LogP contribution in [0.1, 0.15) is 36.1 Å². The van der Waals surface area contributed by atoms with Crippen molar-refractivity contribution in [2.24, 2.45) is 0 Å². The van der Waals surface area contributed by atoms with Gasteiger partial charge in [-0.3, -0.25) is 4.57 Å². The summed E-state index contributed by atoms with van der Waals surface area (Å²) in [6.07, 6.45) is 0.436. The summed E-state index contributed by atoms with van der Waals surface area (Å²) < 4.78 is 18.0. The largest absolute Gasteiger partial charge is 0.508 e. The monoisotopic (exact) mass is 380 g/mol. The van der Waals surface area contributed by atoms with Gasteiger partial charge in [-0.1, -0.05) is 67.9 Å². The van der Waals surface area contributed by atoms with E-state index in [1.54, 1.807) is 12.1 Å². The quantitative estimate of drug-likeness (QED) is 0.527. The van der Waals surface area contributed by atoms with Gasteiger partial charge in [0.2, 0.25) is 8.03 Å². The van der Waals surface area contributed by atoms with E-state index in [0.717, 1.165) is 16.7 Å². The second-order valence-corrected chi connectivity index (χ2v) is 8.63. The van der Waals surface area contributed by atoms with Crippen LogP contribution in [0.5, 0.6) is 11.5 Å². The molecule has 140 valence electrons. The fraction of sp³-hybridized carbons (Fsp3) is 0.217. The fourth-order valence-corrected chi connectivity index (χ4v) is 4.06. The van der Waals surface area contributed by atoms with Crippen LogP contribution in [0.25, 0.3) is 0 Å². The van der Waals surface area contributed by atoms with Crippen LogP contribution in [-0.4, -0.2) is 5.11 Å². The highest BCUT2D eigenvalue weighted by atomic mass is 31.1. The summed E-state index contributed by atoms with van der Waals surface area (Å²) in [5.74, 6) is 0.883. The molecular weight excluding hydrogens is 355 g/mol. The molecule has 0 aliphatic heterocycles. The minimum absolute atomic E-state index is 0.209. The van der Waals surface area contributed by atoms with E-state index in [9.17, 15) is 9.67 Å². The molecule has 0 aromatic heterocycles. The van der Waals surface area contributed by atoms with Gasteiger partial charge in [-0.15, -0.1) is 0 Å². The lowest BCUT2D eigenvalue weighted by molar-refractivity contribution is 0.474. The van der Waals surface area contributed by atoms with Crippen molar-refractivity contribution in [3.8, 4) is 11.5 Å². The van der Waals surface area contributed by atoms with Gasteiger partial charge in [-0.25, -0.2) is 0 Å². The number of phenols is 1. The molecule has 0 radical (unpaired) electrons. The highest BCUT2D eigenvalue weighted by Gasteiger charge is 2.23. The first kappa shape index (κ1) is 19.3. The second-order valence-electron chi connectivity index (χ2n) is 7.33. The first-order valence-corrected chi connectivity index (χ1v) is 10.5. The molecule has 0 spiro atoms. The number of aromatic hydroxyl groups is 1. The first-order chi connectivity index (χ1) is 12.8. The zero-order valence-electron chi connectivity index (χ0n) is 15.9. The molecule has 3 nitrogen and oxygen atoms in total. The van der Waals surface area contributed by atoms with Crippen molar-refractivity contribution in [1.29, 1.82) is 0 Å². The summed E-state index contributed by atoms with van der Waals surface area (Å²) >= 11 is 0. The van der Waals surface area contributed by atoms with Gasteiger partial charge in [0.25, 0.3) is 0 Å². The maximum absolute atomic E-state index is 12.3. The van der Waals surface area contributed by atoms with Gasteiger partial charge in [0.15, 0.2) is 0 Å². The highest BCUT2D eigenvalue weighted by molar-refractivity contribution is 7.38. The topological polar surface area (TPSA) is 46.5 Å². The van der Waals surface area contributed by atoms with E-state index >= 15 is 0 Å². The van der Waals surface area contributed by atoms with Gasteiger partial charge in [-0.05, 0) is 47.9 Å². The zero-order valence-corrected chi connectivity index (χ0v) is 16.9. The van der Waals surface area contributed by atoms with Gasteiger partial charge in [-0.2, -0.15) is 0 Å². The molecule has 4 heteroatoms. The molecule has 27 heavy (non-hydrogen) atoms. The summed E-state index contributed by atoms with van der Waals surface area (Å²) in [7, 11) is -2.19. The van der Waals surface area contributed by atoms with E-state index in [2.05, 4.69) is 13.8 Å². The van der Waals surface area contributed by atoms with Crippen molar-refractivity contribution in [2.45, 2.75) is 32.3 Å². The molecular formula is C23H25O3P. The van der Waals surface area contributed by atoms with Gasteiger partial charge in [0.05, 0.1) is 6.16 Å². The van der Waals surface area contributed by atoms with Crippen molar-refractivity contribution < 1.29 is 14.2 Å². The molecule has 1 atom stereocenters. The molecule has 1 unspecified atom stereocenters. The number of hydrogen-bond acceptors (Lipinski definition) is 3. The Morgan fingerprint density at radius 1 is 0.852 bits per heavy atom. The third-order valence-electron chi connectivity index (χ3n) is 4.87. The average Bonchev–Trinajstić information content (AvgIpc) is 2.64. The highest BCUT2D eigenvalue weighted by Crippen LogP contribution is 2.35. The molecule has 3 aromatic carbocycles. The third-order valence-corrected chi connectivity index (χ3v) is 6.03. The van der Waals surface area contributed by atoms with E-state index in [-0.39, 0.29) is 11.2 Å². The minimum atomic E-state index is -2.19. The van der Waals surface area contributed by atoms with Crippen molar-refractivity contribution in [3.63, 3.8) is 0 Å². The fourth-order valence-electron chi connectivity index (χ4n) is 3.02. The molecule has 0 fully saturated rings. The van der Waals surface area contributed by atoms with Crippen molar-refractivity contribution >= 4 is 8.03 Å². The predicted octanol–water partition coefficient (Wildman–Crippen LogP) is 6.08. The van der Waals surface area contributed by atoms with Crippen molar-refractivity contribution in [2.75, 3.05) is 0 Å². The number of benzene rings is 3. The summed E-state index contributed by atoms with van der Waals surface area (Å²) in [6.45, 7) is 6.30. The first-order valence-electron chi connectivity index (χ1n) is 9.01. The predicted molar refractivity (Wildman–Crippen MR) is 111 cm³/mol. The van der Waals surface area contributed by atoms with Crippen LogP contribution in [0.4, 0.5) is 0 Å². The normalized spacial score (nSPS) is 12.6. The maximum atomic E-state index is 12.3. The Hall–Kier alpha value is -2.51. The van der Waals surface area contributed by atoms with E-state index in [0.29, 0.717) is 11.9 Å². The summed E-state index contributed by atoms with van der Waals surface area (Å²) in [6, 6.07) is 23.0. The van der Waals surface area contributed by atoms with Crippen LogP contribution in [-0.2, 0) is 16.1 Å². The Morgan fingerprint density at radius 3 is 1.93 bits per heavy atom. The van der Waals surface area contributed by atoms with Crippen LogP contribution in [0.15, 0.2) is 72.8 Å². The lowest BCUT2D eigenvalue weighted by Crippen LogP contribution is -2.18. The van der Waals surface area contributed by atoms with Gasteiger partial charge < -0.3 is 9.63 Å². The Labute approximate surface area is 161 Å². The summed E-state index contributed by atoms with van der Waals surface area (Å²) in [5, 5.41) is 9.49. The van der Waals surface area contributed by atoms with E-state index in [1.165, 1.54) is 5.56 Å². The Balaban J connectivity index is 1.68. The molecule has 1 N–H and O–H groups in total. The average molecular weight is 380 g/mol. The van der Waals surface area contributed by atoms with Crippen LogP contribution in [0.3, 0.4) is 0 Å². The molecule has 0 heterocycles. The molecule has 0 aliphatic carbocycles. The Kier molecular flexibility index (Phi) is 5.72. The summed E-state index contributed by atoms with van der Waals surface area (Å²) in [5.41, 5.74) is 4.24. The van der Waals surface area contributed by atoms with Crippen LogP contribution < -0.4 is 4.52 Å². The standard InChI is InChI=1S/C23H25O3P/c1-17-4-6-18(7-5-17)16-27(25)26-22-14-10-20(11-15-22)23(2,3)19-8-12-21(24)13-9-19/h4-15,24,27H,16H2,1-3H3. The van der Waals surface area contributed by atoms with Gasteiger partial charge >= 0.3 is 0 Å². The molecule has 0 bridgehead atoms. The smallest absolute Gasteiger partial charge is 0.240 e. The minimum Gasteiger partial charge on any atom is -0.508 e. The number of aryl methyl sites for hydroxylation is 1. The number of hydrogen-bond donors (Lipinski definition) is 1. The molecule has 0 amide bonds. The summed E-state index contributed by atoms with van der Waals surface area (Å²) in [4.78, 5) is 0. The lowest BCUT2D eigenvalue weighted by atomic mass is 9.78. The van der Waals surface area contributed by atoms with Gasteiger partial charge in [0.1, 0.15) is 11.5 Å². The van der Waals surface area contributed by atoms with Crippen LogP contribution in [0.2, 0.25) is 0 Å².